The first-order chi connectivity index (χ1) is 5.77. The maximum atomic E-state index is 4.32. The van der Waals surface area contributed by atoms with Crippen molar-refractivity contribution in [3.63, 3.8) is 0 Å². The Morgan fingerprint density at radius 1 is 1.42 bits per heavy atom. The Bertz CT molecular complexity index is 359. The van der Waals surface area contributed by atoms with Crippen molar-refractivity contribution < 1.29 is 0 Å². The standard InChI is InChI=1S/C9H9N2S/c1-6(12)9-10-7-4-2-3-5-8(7)11-9/h2-6,12H,1H2,(H,10,11). The second kappa shape index (κ2) is 2.83. The zero-order valence-corrected chi connectivity index (χ0v) is 7.38. The van der Waals surface area contributed by atoms with E-state index in [4.69, 9.17) is 0 Å². The second-order valence-electron chi connectivity index (χ2n) is 2.65. The van der Waals surface area contributed by atoms with E-state index in [1.54, 1.807) is 0 Å². The Kier molecular flexibility index (Phi) is 1.81. The smallest absolute Gasteiger partial charge is 0.120 e. The molecule has 1 heterocycles. The first-order valence-corrected chi connectivity index (χ1v) is 4.25. The lowest BCUT2D eigenvalue weighted by Crippen LogP contribution is -1.85. The highest BCUT2D eigenvalue weighted by molar-refractivity contribution is 7.80. The highest BCUT2D eigenvalue weighted by Gasteiger charge is 2.04. The molecule has 61 valence electrons. The average molecular weight is 177 g/mol. The predicted octanol–water partition coefficient (Wildman–Crippen LogP) is 2.37. The second-order valence-corrected chi connectivity index (χ2v) is 3.28. The quantitative estimate of drug-likeness (QED) is 0.643. The van der Waals surface area contributed by atoms with Gasteiger partial charge in [-0.3, -0.25) is 0 Å². The minimum absolute atomic E-state index is 0.0857. The molecule has 2 rings (SSSR count). The lowest BCUT2D eigenvalue weighted by atomic mass is 10.3. The Morgan fingerprint density at radius 2 is 2.17 bits per heavy atom. The third-order valence-corrected chi connectivity index (χ3v) is 1.97. The zero-order chi connectivity index (χ0) is 8.55. The van der Waals surface area contributed by atoms with Crippen LogP contribution in [0.1, 0.15) is 11.1 Å². The fraction of sp³-hybridized carbons (Fsp3) is 0.111. The number of H-pyrrole nitrogens is 1. The molecule has 0 fully saturated rings. The van der Waals surface area contributed by atoms with Crippen molar-refractivity contribution in [2.75, 3.05) is 0 Å². The molecule has 1 radical (unpaired) electrons. The van der Waals surface area contributed by atoms with Crippen LogP contribution in [0.5, 0.6) is 0 Å². The van der Waals surface area contributed by atoms with Crippen LogP contribution in [-0.2, 0) is 0 Å². The van der Waals surface area contributed by atoms with E-state index in [1.165, 1.54) is 0 Å². The van der Waals surface area contributed by atoms with Crippen LogP contribution in [0.2, 0.25) is 0 Å². The molecule has 0 spiro atoms. The van der Waals surface area contributed by atoms with E-state index in [9.17, 15) is 0 Å². The lowest BCUT2D eigenvalue weighted by molar-refractivity contribution is 1.05. The van der Waals surface area contributed by atoms with Crippen LogP contribution < -0.4 is 0 Å². The number of hydrogen-bond acceptors (Lipinski definition) is 2. The van der Waals surface area contributed by atoms with Crippen LogP contribution >= 0.6 is 12.6 Å². The van der Waals surface area contributed by atoms with Gasteiger partial charge in [-0.25, -0.2) is 4.98 Å². The topological polar surface area (TPSA) is 28.7 Å². The molecule has 0 saturated heterocycles. The van der Waals surface area contributed by atoms with Gasteiger partial charge in [0.25, 0.3) is 0 Å². The summed E-state index contributed by atoms with van der Waals surface area (Å²) >= 11 is 4.19. The summed E-state index contributed by atoms with van der Waals surface area (Å²) in [4.78, 5) is 7.46. The maximum absolute atomic E-state index is 4.32. The number of thiol groups is 1. The van der Waals surface area contributed by atoms with Gasteiger partial charge in [0.05, 0.1) is 16.3 Å². The Morgan fingerprint density at radius 3 is 2.83 bits per heavy atom. The molecule has 2 nitrogen and oxygen atoms in total. The van der Waals surface area contributed by atoms with Gasteiger partial charge in [-0.15, -0.1) is 0 Å². The van der Waals surface area contributed by atoms with Gasteiger partial charge in [-0.1, -0.05) is 12.1 Å². The number of aromatic nitrogens is 2. The molecular formula is C9H9N2S. The van der Waals surface area contributed by atoms with Gasteiger partial charge in [0, 0.05) is 0 Å². The van der Waals surface area contributed by atoms with E-state index in [2.05, 4.69) is 29.5 Å². The Labute approximate surface area is 76.4 Å². The number of imidazole rings is 1. The van der Waals surface area contributed by atoms with Crippen molar-refractivity contribution in [1.82, 2.24) is 9.97 Å². The molecule has 1 N–H and O–H groups in total. The number of para-hydroxylation sites is 2. The van der Waals surface area contributed by atoms with E-state index < -0.39 is 0 Å². The molecule has 3 heteroatoms. The monoisotopic (exact) mass is 177 g/mol. The maximum Gasteiger partial charge on any atom is 0.120 e. The summed E-state index contributed by atoms with van der Waals surface area (Å²) in [6.07, 6.45) is 0. The number of fused-ring (bicyclic) bond motifs is 1. The molecule has 0 aliphatic carbocycles. The first kappa shape index (κ1) is 7.68. The molecule has 12 heavy (non-hydrogen) atoms. The zero-order valence-electron chi connectivity index (χ0n) is 6.49. The van der Waals surface area contributed by atoms with Crippen molar-refractivity contribution in [3.05, 3.63) is 37.0 Å². The molecular weight excluding hydrogens is 168 g/mol. The largest absolute Gasteiger partial charge is 0.341 e. The van der Waals surface area contributed by atoms with Gasteiger partial charge in [0.1, 0.15) is 5.82 Å². The van der Waals surface area contributed by atoms with Crippen molar-refractivity contribution >= 4 is 23.7 Å². The van der Waals surface area contributed by atoms with Gasteiger partial charge >= 0.3 is 0 Å². The van der Waals surface area contributed by atoms with Crippen LogP contribution in [0.15, 0.2) is 24.3 Å². The molecule has 1 unspecified atom stereocenters. The van der Waals surface area contributed by atoms with Gasteiger partial charge in [-0.05, 0) is 19.1 Å². The van der Waals surface area contributed by atoms with Gasteiger partial charge in [0.2, 0.25) is 0 Å². The van der Waals surface area contributed by atoms with Crippen molar-refractivity contribution in [3.8, 4) is 0 Å². The molecule has 0 amide bonds. The fourth-order valence-electron chi connectivity index (χ4n) is 1.13. The van der Waals surface area contributed by atoms with Crippen LogP contribution in [0.25, 0.3) is 11.0 Å². The van der Waals surface area contributed by atoms with Crippen LogP contribution in [0.3, 0.4) is 0 Å². The van der Waals surface area contributed by atoms with Crippen LogP contribution in [0.4, 0.5) is 0 Å². The van der Waals surface area contributed by atoms with Crippen molar-refractivity contribution in [1.29, 1.82) is 0 Å². The van der Waals surface area contributed by atoms with E-state index in [1.807, 2.05) is 24.3 Å². The van der Waals surface area contributed by atoms with Crippen LogP contribution in [0, 0.1) is 6.92 Å². The molecule has 0 aliphatic heterocycles. The lowest BCUT2D eigenvalue weighted by Gasteiger charge is -1.94. The van der Waals surface area contributed by atoms with Gasteiger partial charge in [-0.2, -0.15) is 12.6 Å². The number of aromatic amines is 1. The molecule has 0 saturated carbocycles. The van der Waals surface area contributed by atoms with E-state index in [-0.39, 0.29) is 5.25 Å². The SMILES string of the molecule is [CH2]C(S)c1nc2ccccc2[nH]1. The van der Waals surface area contributed by atoms with Gasteiger partial charge in [0.15, 0.2) is 0 Å². The first-order valence-electron chi connectivity index (χ1n) is 3.73. The summed E-state index contributed by atoms with van der Waals surface area (Å²) < 4.78 is 0. The molecule has 0 aliphatic rings. The Hall–Kier alpha value is -0.960. The molecule has 1 atom stereocenters. The molecule has 1 aromatic heterocycles. The average Bonchev–Trinajstić information content (AvgIpc) is 2.46. The number of benzene rings is 1. The minimum atomic E-state index is -0.0857. The fourth-order valence-corrected chi connectivity index (χ4v) is 1.25. The van der Waals surface area contributed by atoms with Crippen LogP contribution in [-0.4, -0.2) is 9.97 Å². The summed E-state index contributed by atoms with van der Waals surface area (Å²) in [5.74, 6) is 0.819. The molecule has 2 aromatic rings. The summed E-state index contributed by atoms with van der Waals surface area (Å²) in [7, 11) is 0. The van der Waals surface area contributed by atoms with Crippen molar-refractivity contribution in [2.24, 2.45) is 0 Å². The summed E-state index contributed by atoms with van der Waals surface area (Å²) in [5.41, 5.74) is 2.01. The summed E-state index contributed by atoms with van der Waals surface area (Å²) in [6.45, 7) is 3.77. The minimum Gasteiger partial charge on any atom is -0.341 e. The Balaban J connectivity index is 2.62. The summed E-state index contributed by atoms with van der Waals surface area (Å²) in [5, 5.41) is -0.0857. The highest BCUT2D eigenvalue weighted by atomic mass is 32.1. The predicted molar refractivity (Wildman–Crippen MR) is 53.2 cm³/mol. The summed E-state index contributed by atoms with van der Waals surface area (Å²) in [6, 6.07) is 7.89. The number of rotatable bonds is 1. The molecule has 0 bridgehead atoms. The van der Waals surface area contributed by atoms with E-state index in [0.717, 1.165) is 16.9 Å². The number of nitrogens with one attached hydrogen (secondary N) is 1. The highest BCUT2D eigenvalue weighted by Crippen LogP contribution is 2.18. The molecule has 1 aromatic carbocycles. The normalized spacial score (nSPS) is 13.5. The third kappa shape index (κ3) is 1.20. The van der Waals surface area contributed by atoms with Crippen molar-refractivity contribution in [2.45, 2.75) is 5.25 Å². The third-order valence-electron chi connectivity index (χ3n) is 1.72. The van der Waals surface area contributed by atoms with E-state index >= 15 is 0 Å². The number of nitrogens with zero attached hydrogens (tertiary/aromatic N) is 1. The van der Waals surface area contributed by atoms with Gasteiger partial charge < -0.3 is 4.98 Å². The van der Waals surface area contributed by atoms with E-state index in [0.29, 0.717) is 0 Å². The number of hydrogen-bond donors (Lipinski definition) is 2.